The summed E-state index contributed by atoms with van der Waals surface area (Å²) < 4.78 is 2.04. The Balaban J connectivity index is 2.05. The SMILES string of the molecule is NC(N)=NCCCCn1ccnc1. The van der Waals surface area contributed by atoms with E-state index in [1.165, 1.54) is 0 Å². The van der Waals surface area contributed by atoms with Crippen LogP contribution >= 0.6 is 0 Å². The molecule has 0 aromatic carbocycles. The van der Waals surface area contributed by atoms with E-state index in [0.29, 0.717) is 6.54 Å². The van der Waals surface area contributed by atoms with Gasteiger partial charge in [-0.05, 0) is 12.8 Å². The second-order valence-electron chi connectivity index (χ2n) is 2.81. The lowest BCUT2D eigenvalue weighted by atomic mass is 10.3. The molecule has 0 radical (unpaired) electrons. The van der Waals surface area contributed by atoms with Crippen LogP contribution in [-0.2, 0) is 6.54 Å². The molecule has 4 N–H and O–H groups in total. The van der Waals surface area contributed by atoms with E-state index >= 15 is 0 Å². The molecular weight excluding hydrogens is 166 g/mol. The van der Waals surface area contributed by atoms with Gasteiger partial charge in [0.25, 0.3) is 0 Å². The van der Waals surface area contributed by atoms with Crippen molar-refractivity contribution in [2.24, 2.45) is 16.5 Å². The van der Waals surface area contributed by atoms with Crippen LogP contribution in [0, 0.1) is 0 Å². The van der Waals surface area contributed by atoms with Crippen molar-refractivity contribution < 1.29 is 0 Å². The van der Waals surface area contributed by atoms with Crippen LogP contribution in [0.1, 0.15) is 12.8 Å². The number of hydrogen-bond donors (Lipinski definition) is 2. The summed E-state index contributed by atoms with van der Waals surface area (Å²) >= 11 is 0. The fraction of sp³-hybridized carbons (Fsp3) is 0.500. The monoisotopic (exact) mass is 181 g/mol. The van der Waals surface area contributed by atoms with E-state index in [9.17, 15) is 0 Å². The van der Waals surface area contributed by atoms with Crippen LogP contribution in [0.15, 0.2) is 23.7 Å². The average Bonchev–Trinajstić information content (AvgIpc) is 2.55. The Morgan fingerprint density at radius 3 is 2.85 bits per heavy atom. The Morgan fingerprint density at radius 1 is 1.38 bits per heavy atom. The molecule has 0 bridgehead atoms. The van der Waals surface area contributed by atoms with E-state index in [0.717, 1.165) is 19.4 Å². The summed E-state index contributed by atoms with van der Waals surface area (Å²) in [6, 6.07) is 0. The van der Waals surface area contributed by atoms with Crippen LogP contribution in [0.5, 0.6) is 0 Å². The predicted octanol–water partition coefficient (Wildman–Crippen LogP) is -0.0633. The first-order valence-electron chi connectivity index (χ1n) is 4.30. The van der Waals surface area contributed by atoms with Gasteiger partial charge in [0.05, 0.1) is 6.33 Å². The molecule has 1 heterocycles. The van der Waals surface area contributed by atoms with Gasteiger partial charge in [-0.25, -0.2) is 4.98 Å². The van der Waals surface area contributed by atoms with E-state index in [1.807, 2.05) is 10.8 Å². The van der Waals surface area contributed by atoms with Gasteiger partial charge in [0, 0.05) is 25.5 Å². The second-order valence-corrected chi connectivity index (χ2v) is 2.81. The lowest BCUT2D eigenvalue weighted by Crippen LogP contribution is -2.22. The van der Waals surface area contributed by atoms with Crippen molar-refractivity contribution in [3.05, 3.63) is 18.7 Å². The zero-order chi connectivity index (χ0) is 9.52. The number of unbranched alkanes of at least 4 members (excludes halogenated alkanes) is 1. The number of guanidine groups is 1. The second kappa shape index (κ2) is 5.18. The van der Waals surface area contributed by atoms with E-state index in [-0.39, 0.29) is 5.96 Å². The van der Waals surface area contributed by atoms with Crippen molar-refractivity contribution in [3.63, 3.8) is 0 Å². The molecule has 0 saturated heterocycles. The molecule has 0 aliphatic heterocycles. The van der Waals surface area contributed by atoms with Gasteiger partial charge in [-0.15, -0.1) is 0 Å². The summed E-state index contributed by atoms with van der Waals surface area (Å²) in [5.74, 6) is 0.169. The van der Waals surface area contributed by atoms with Crippen molar-refractivity contribution in [2.45, 2.75) is 19.4 Å². The highest BCUT2D eigenvalue weighted by atomic mass is 15.0. The lowest BCUT2D eigenvalue weighted by molar-refractivity contribution is 0.615. The van der Waals surface area contributed by atoms with Gasteiger partial charge in [-0.1, -0.05) is 0 Å². The minimum absolute atomic E-state index is 0.169. The maximum Gasteiger partial charge on any atom is 0.185 e. The summed E-state index contributed by atoms with van der Waals surface area (Å²) in [5, 5.41) is 0. The van der Waals surface area contributed by atoms with Crippen LogP contribution in [0.25, 0.3) is 0 Å². The third-order valence-corrected chi connectivity index (χ3v) is 1.68. The van der Waals surface area contributed by atoms with Crippen LogP contribution in [0.2, 0.25) is 0 Å². The molecule has 1 rings (SSSR count). The summed E-state index contributed by atoms with van der Waals surface area (Å²) in [6.45, 7) is 1.68. The number of imidazole rings is 1. The maximum atomic E-state index is 5.18. The Kier molecular flexibility index (Phi) is 3.81. The van der Waals surface area contributed by atoms with E-state index in [1.54, 1.807) is 12.5 Å². The highest BCUT2D eigenvalue weighted by Gasteiger charge is 1.90. The fourth-order valence-electron chi connectivity index (χ4n) is 1.03. The van der Waals surface area contributed by atoms with E-state index in [2.05, 4.69) is 9.98 Å². The van der Waals surface area contributed by atoms with Crippen molar-refractivity contribution >= 4 is 5.96 Å². The molecule has 0 atom stereocenters. The predicted molar refractivity (Wildman–Crippen MR) is 52.1 cm³/mol. The average molecular weight is 181 g/mol. The molecule has 0 aliphatic carbocycles. The smallest absolute Gasteiger partial charge is 0.185 e. The summed E-state index contributed by atoms with van der Waals surface area (Å²) in [6.07, 6.45) is 7.58. The zero-order valence-corrected chi connectivity index (χ0v) is 7.56. The van der Waals surface area contributed by atoms with Gasteiger partial charge in [-0.3, -0.25) is 4.99 Å². The van der Waals surface area contributed by atoms with Crippen molar-refractivity contribution in [3.8, 4) is 0 Å². The van der Waals surface area contributed by atoms with Gasteiger partial charge in [0.2, 0.25) is 0 Å². The quantitative estimate of drug-likeness (QED) is 0.379. The minimum atomic E-state index is 0.169. The molecule has 5 nitrogen and oxygen atoms in total. The topological polar surface area (TPSA) is 82.2 Å². The highest BCUT2D eigenvalue weighted by Crippen LogP contribution is 1.94. The Bertz CT molecular complexity index is 248. The normalized spacial score (nSPS) is 9.85. The third-order valence-electron chi connectivity index (χ3n) is 1.68. The Labute approximate surface area is 77.5 Å². The number of nitrogens with zero attached hydrogens (tertiary/aromatic N) is 3. The van der Waals surface area contributed by atoms with E-state index in [4.69, 9.17) is 11.5 Å². The lowest BCUT2D eigenvalue weighted by Gasteiger charge is -1.99. The first-order valence-corrected chi connectivity index (χ1v) is 4.30. The van der Waals surface area contributed by atoms with Gasteiger partial charge in [-0.2, -0.15) is 0 Å². The van der Waals surface area contributed by atoms with Gasteiger partial charge >= 0.3 is 0 Å². The van der Waals surface area contributed by atoms with Gasteiger partial charge < -0.3 is 16.0 Å². The first kappa shape index (κ1) is 9.57. The van der Waals surface area contributed by atoms with Gasteiger partial charge in [0.15, 0.2) is 5.96 Å². The Morgan fingerprint density at radius 2 is 2.23 bits per heavy atom. The van der Waals surface area contributed by atoms with Crippen LogP contribution in [0.4, 0.5) is 0 Å². The number of aliphatic imine (C=N–C) groups is 1. The standard InChI is InChI=1S/C8H15N5/c9-8(10)12-3-1-2-5-13-6-4-11-7-13/h4,6-7H,1-3,5H2,(H4,9,10,12). The minimum Gasteiger partial charge on any atom is -0.370 e. The first-order chi connectivity index (χ1) is 6.29. The van der Waals surface area contributed by atoms with Crippen LogP contribution < -0.4 is 11.5 Å². The molecule has 1 aromatic rings. The van der Waals surface area contributed by atoms with Crippen LogP contribution in [-0.4, -0.2) is 22.1 Å². The zero-order valence-electron chi connectivity index (χ0n) is 7.56. The summed E-state index contributed by atoms with van der Waals surface area (Å²) in [5.41, 5.74) is 10.4. The molecule has 0 fully saturated rings. The molecule has 0 spiro atoms. The molecule has 0 saturated carbocycles. The summed E-state index contributed by atoms with van der Waals surface area (Å²) in [4.78, 5) is 7.84. The molecular formula is C8H15N5. The molecule has 72 valence electrons. The van der Waals surface area contributed by atoms with Gasteiger partial charge in [0.1, 0.15) is 0 Å². The molecule has 1 aromatic heterocycles. The van der Waals surface area contributed by atoms with Crippen molar-refractivity contribution in [2.75, 3.05) is 6.54 Å². The molecule has 5 heteroatoms. The maximum absolute atomic E-state index is 5.18. The molecule has 0 unspecified atom stereocenters. The molecule has 0 amide bonds. The number of aromatic nitrogens is 2. The number of rotatable bonds is 5. The number of nitrogens with two attached hydrogens (primary N) is 2. The Hall–Kier alpha value is -1.52. The van der Waals surface area contributed by atoms with E-state index < -0.39 is 0 Å². The van der Waals surface area contributed by atoms with Crippen LogP contribution in [0.3, 0.4) is 0 Å². The number of aryl methyl sites for hydroxylation is 1. The number of hydrogen-bond acceptors (Lipinski definition) is 2. The molecule has 0 aliphatic rings. The third kappa shape index (κ3) is 4.15. The molecule has 13 heavy (non-hydrogen) atoms. The van der Waals surface area contributed by atoms with Crippen molar-refractivity contribution in [1.82, 2.24) is 9.55 Å². The fourth-order valence-corrected chi connectivity index (χ4v) is 1.03. The van der Waals surface area contributed by atoms with Crippen molar-refractivity contribution in [1.29, 1.82) is 0 Å². The summed E-state index contributed by atoms with van der Waals surface area (Å²) in [7, 11) is 0. The largest absolute Gasteiger partial charge is 0.370 e. The highest BCUT2D eigenvalue weighted by molar-refractivity contribution is 5.75.